The van der Waals surface area contributed by atoms with Crippen molar-refractivity contribution in [3.05, 3.63) is 0 Å². The van der Waals surface area contributed by atoms with Crippen molar-refractivity contribution in [2.45, 2.75) is 19.3 Å². The van der Waals surface area contributed by atoms with Crippen molar-refractivity contribution in [1.29, 1.82) is 0 Å². The Kier molecular flexibility index (Phi) is 4.84. The Morgan fingerprint density at radius 2 is 2.38 bits per heavy atom. The van der Waals surface area contributed by atoms with Gasteiger partial charge in [-0.25, -0.2) is 0 Å². The maximum absolute atomic E-state index is 11.2. The van der Waals surface area contributed by atoms with Crippen LogP contribution in [0.15, 0.2) is 0 Å². The summed E-state index contributed by atoms with van der Waals surface area (Å²) in [6.07, 6.45) is 2.40. The highest BCUT2D eigenvalue weighted by atomic mass is 79.9. The van der Waals surface area contributed by atoms with Gasteiger partial charge in [0.2, 0.25) is 11.0 Å². The molecule has 0 bridgehead atoms. The molecule has 0 spiro atoms. The largest absolute Gasteiger partial charge is 0.299 e. The van der Waals surface area contributed by atoms with Gasteiger partial charge >= 0.3 is 0 Å². The summed E-state index contributed by atoms with van der Waals surface area (Å²) in [6, 6.07) is 0. The number of carbonyl (C=O) groups excluding carboxylic acids is 1. The second-order valence-corrected chi connectivity index (χ2v) is 3.89. The Bertz CT molecular complexity index is 253. The van der Waals surface area contributed by atoms with Crippen molar-refractivity contribution in [1.82, 2.24) is 14.8 Å². The zero-order valence-electron chi connectivity index (χ0n) is 6.86. The first kappa shape index (κ1) is 10.5. The molecule has 5 nitrogen and oxygen atoms in total. The average Bonchev–Trinajstić information content (AvgIpc) is 2.57. The van der Waals surface area contributed by atoms with Crippen LogP contribution in [-0.2, 0) is 4.79 Å². The molecule has 0 aromatic carbocycles. The molecular weight excluding hydrogens is 256 g/mol. The molecule has 72 valence electrons. The molecule has 0 aliphatic heterocycles. The molecule has 0 saturated carbocycles. The molecule has 0 unspecified atom stereocenters. The van der Waals surface area contributed by atoms with E-state index in [1.54, 1.807) is 0 Å². The fraction of sp³-hybridized carbons (Fsp3) is 0.667. The van der Waals surface area contributed by atoms with Crippen LogP contribution < -0.4 is 5.32 Å². The van der Waals surface area contributed by atoms with Gasteiger partial charge in [-0.05, 0) is 18.1 Å². The number of hydrogen-bond acceptors (Lipinski definition) is 5. The van der Waals surface area contributed by atoms with Crippen molar-refractivity contribution in [3.63, 3.8) is 0 Å². The van der Waals surface area contributed by atoms with E-state index in [0.717, 1.165) is 29.7 Å². The molecule has 1 heterocycles. The third-order valence-electron chi connectivity index (χ3n) is 1.33. The highest BCUT2D eigenvalue weighted by Gasteiger charge is 2.04. The number of rotatable bonds is 5. The van der Waals surface area contributed by atoms with Crippen LogP contribution in [0.5, 0.6) is 0 Å². The van der Waals surface area contributed by atoms with Gasteiger partial charge < -0.3 is 0 Å². The quantitative estimate of drug-likeness (QED) is 0.646. The normalized spacial score (nSPS) is 9.92. The van der Waals surface area contributed by atoms with Crippen LogP contribution in [0.3, 0.4) is 0 Å². The van der Waals surface area contributed by atoms with Crippen LogP contribution >= 0.6 is 27.5 Å². The van der Waals surface area contributed by atoms with E-state index in [9.17, 15) is 4.79 Å². The Labute approximate surface area is 88.2 Å². The van der Waals surface area contributed by atoms with Crippen LogP contribution in [0.1, 0.15) is 19.3 Å². The lowest BCUT2D eigenvalue weighted by atomic mass is 10.2. The number of halogens is 1. The van der Waals surface area contributed by atoms with E-state index < -0.39 is 0 Å². The summed E-state index contributed by atoms with van der Waals surface area (Å²) in [7, 11) is 0. The zero-order valence-corrected chi connectivity index (χ0v) is 9.27. The van der Waals surface area contributed by atoms with Gasteiger partial charge in [-0.2, -0.15) is 0 Å². The molecule has 0 atom stereocenters. The second kappa shape index (κ2) is 5.98. The molecule has 1 aromatic rings. The van der Waals surface area contributed by atoms with Crippen molar-refractivity contribution in [2.24, 2.45) is 0 Å². The number of nitrogens with one attached hydrogen (secondary N) is 1. The van der Waals surface area contributed by atoms with E-state index >= 15 is 0 Å². The van der Waals surface area contributed by atoms with Crippen LogP contribution in [0.2, 0.25) is 0 Å². The summed E-state index contributed by atoms with van der Waals surface area (Å²) in [5.41, 5.74) is 0. The number of hydrogen-bond donors (Lipinski definition) is 1. The van der Waals surface area contributed by atoms with Gasteiger partial charge in [0.05, 0.1) is 0 Å². The first-order valence-electron chi connectivity index (χ1n) is 3.84. The molecule has 13 heavy (non-hydrogen) atoms. The molecule has 1 amide bonds. The Hall–Kier alpha value is -0.560. The molecule has 1 rings (SSSR count). The van der Waals surface area contributed by atoms with Crippen molar-refractivity contribution in [3.8, 4) is 0 Å². The lowest BCUT2D eigenvalue weighted by Gasteiger charge is -1.98. The number of unbranched alkanes of at least 4 members (excludes halogenated alkanes) is 1. The Balaban J connectivity index is 2.18. The van der Waals surface area contributed by atoms with Gasteiger partial charge in [0.15, 0.2) is 0 Å². The Morgan fingerprint density at radius 1 is 1.54 bits per heavy atom. The van der Waals surface area contributed by atoms with Gasteiger partial charge in [0, 0.05) is 23.3 Å². The van der Waals surface area contributed by atoms with Gasteiger partial charge in [-0.1, -0.05) is 25.5 Å². The molecular formula is C6H9BrN4OS. The predicted octanol–water partition coefficient (Wildman–Crippen LogP) is 1.44. The molecule has 0 saturated heterocycles. The SMILES string of the molecule is O=C(CCCCBr)Nc1nnns1. The predicted molar refractivity (Wildman–Crippen MR) is 54.0 cm³/mol. The van der Waals surface area contributed by atoms with Crippen LogP contribution in [-0.4, -0.2) is 26.0 Å². The fourth-order valence-electron chi connectivity index (χ4n) is 0.744. The summed E-state index contributed by atoms with van der Waals surface area (Å²) < 4.78 is 3.53. The monoisotopic (exact) mass is 264 g/mol. The summed E-state index contributed by atoms with van der Waals surface area (Å²) in [4.78, 5) is 11.2. The van der Waals surface area contributed by atoms with E-state index in [0.29, 0.717) is 11.6 Å². The lowest BCUT2D eigenvalue weighted by molar-refractivity contribution is -0.116. The lowest BCUT2D eigenvalue weighted by Crippen LogP contribution is -2.10. The molecule has 0 aliphatic rings. The minimum atomic E-state index is -0.0282. The van der Waals surface area contributed by atoms with E-state index in [1.165, 1.54) is 0 Å². The number of amides is 1. The summed E-state index contributed by atoms with van der Waals surface area (Å²) in [5.74, 6) is -0.0282. The second-order valence-electron chi connectivity index (χ2n) is 2.36. The molecule has 1 aromatic heterocycles. The minimum absolute atomic E-state index is 0.0282. The maximum atomic E-state index is 11.2. The topological polar surface area (TPSA) is 67.8 Å². The number of nitrogens with zero attached hydrogens (tertiary/aromatic N) is 3. The van der Waals surface area contributed by atoms with E-state index in [4.69, 9.17) is 0 Å². The number of carbonyl (C=O) groups is 1. The van der Waals surface area contributed by atoms with E-state index in [1.807, 2.05) is 0 Å². The Morgan fingerprint density at radius 3 is 3.00 bits per heavy atom. The molecule has 0 fully saturated rings. The van der Waals surface area contributed by atoms with Gasteiger partial charge in [0.1, 0.15) is 0 Å². The first-order chi connectivity index (χ1) is 6.33. The van der Waals surface area contributed by atoms with Gasteiger partial charge in [0.25, 0.3) is 0 Å². The summed E-state index contributed by atoms with van der Waals surface area (Å²) in [6.45, 7) is 0. The van der Waals surface area contributed by atoms with E-state index in [2.05, 4.69) is 36.0 Å². The zero-order chi connectivity index (χ0) is 9.52. The van der Waals surface area contributed by atoms with Crippen LogP contribution in [0, 0.1) is 0 Å². The first-order valence-corrected chi connectivity index (χ1v) is 5.73. The van der Waals surface area contributed by atoms with Crippen LogP contribution in [0.4, 0.5) is 5.13 Å². The fourth-order valence-corrected chi connectivity index (χ4v) is 1.52. The average molecular weight is 265 g/mol. The standard InChI is InChI=1S/C6H9BrN4OS/c7-4-2-1-3-5(12)8-6-9-10-11-13-6/h1-4H2,(H,8,9,11,12). The molecule has 1 N–H and O–H groups in total. The summed E-state index contributed by atoms with van der Waals surface area (Å²) in [5, 5.41) is 11.0. The third kappa shape index (κ3) is 4.28. The summed E-state index contributed by atoms with van der Waals surface area (Å²) >= 11 is 4.38. The van der Waals surface area contributed by atoms with Gasteiger partial charge in [-0.15, -0.1) is 0 Å². The molecule has 0 radical (unpaired) electrons. The van der Waals surface area contributed by atoms with Crippen molar-refractivity contribution >= 4 is 38.5 Å². The smallest absolute Gasteiger partial charge is 0.231 e. The minimum Gasteiger partial charge on any atom is -0.299 e. The number of anilines is 1. The van der Waals surface area contributed by atoms with Gasteiger partial charge in [-0.3, -0.25) is 10.1 Å². The molecule has 7 heteroatoms. The van der Waals surface area contributed by atoms with Crippen LogP contribution in [0.25, 0.3) is 0 Å². The third-order valence-corrected chi connectivity index (χ3v) is 2.41. The van der Waals surface area contributed by atoms with Crippen molar-refractivity contribution < 1.29 is 4.79 Å². The van der Waals surface area contributed by atoms with E-state index in [-0.39, 0.29) is 5.91 Å². The number of aromatic nitrogens is 3. The van der Waals surface area contributed by atoms with Crippen molar-refractivity contribution in [2.75, 3.05) is 10.6 Å². The highest BCUT2D eigenvalue weighted by Crippen LogP contribution is 2.06. The maximum Gasteiger partial charge on any atom is 0.231 e. The molecule has 0 aliphatic carbocycles. The number of alkyl halides is 1. The highest BCUT2D eigenvalue weighted by molar-refractivity contribution is 9.09.